The van der Waals surface area contributed by atoms with Crippen molar-refractivity contribution in [1.29, 1.82) is 0 Å². The van der Waals surface area contributed by atoms with Gasteiger partial charge >= 0.3 is 0 Å². The summed E-state index contributed by atoms with van der Waals surface area (Å²) in [5.41, 5.74) is 0.680. The maximum absolute atomic E-state index is 12.5. The van der Waals surface area contributed by atoms with Gasteiger partial charge in [0.05, 0.1) is 18.8 Å². The zero-order valence-electron chi connectivity index (χ0n) is 11.4. The molecule has 0 amide bonds. The molecule has 104 valence electrons. The van der Waals surface area contributed by atoms with Gasteiger partial charge in [-0.05, 0) is 25.5 Å². The summed E-state index contributed by atoms with van der Waals surface area (Å²) in [6, 6.07) is 7.03. The van der Waals surface area contributed by atoms with Crippen molar-refractivity contribution in [2.75, 3.05) is 19.7 Å². The number of ether oxygens (including phenoxy) is 1. The number of rotatable bonds is 4. The fourth-order valence-electron chi connectivity index (χ4n) is 2.39. The van der Waals surface area contributed by atoms with Gasteiger partial charge < -0.3 is 4.74 Å². The number of Topliss-reactive ketones (excluding diaryl/α,β-unsaturated/α-hetero) is 1. The Hall–Kier alpha value is -0.900. The van der Waals surface area contributed by atoms with Gasteiger partial charge in [-0.15, -0.1) is 0 Å². The summed E-state index contributed by atoms with van der Waals surface area (Å²) >= 11 is 5.94. The summed E-state index contributed by atoms with van der Waals surface area (Å²) in [6.07, 6.45) is 1.22. The van der Waals surface area contributed by atoms with Crippen molar-refractivity contribution in [3.63, 3.8) is 0 Å². The molecule has 0 aliphatic carbocycles. The Kier molecular flexibility index (Phi) is 4.97. The van der Waals surface area contributed by atoms with E-state index < -0.39 is 0 Å². The van der Waals surface area contributed by atoms with Crippen LogP contribution in [0.4, 0.5) is 0 Å². The van der Waals surface area contributed by atoms with Gasteiger partial charge in [-0.25, -0.2) is 0 Å². The molecule has 2 rings (SSSR count). The summed E-state index contributed by atoms with van der Waals surface area (Å²) in [5.74, 6) is 0.124. The molecule has 1 fully saturated rings. The zero-order valence-corrected chi connectivity index (χ0v) is 12.2. The number of benzene rings is 1. The Balaban J connectivity index is 2.06. The minimum Gasteiger partial charge on any atom is -0.376 e. The quantitative estimate of drug-likeness (QED) is 0.795. The number of nitrogens with zero attached hydrogens (tertiary/aromatic N) is 1. The average molecular weight is 282 g/mol. The van der Waals surface area contributed by atoms with Crippen molar-refractivity contribution in [2.45, 2.75) is 32.4 Å². The van der Waals surface area contributed by atoms with Gasteiger partial charge in [0.25, 0.3) is 0 Å². The monoisotopic (exact) mass is 281 g/mol. The third-order valence-electron chi connectivity index (χ3n) is 3.66. The van der Waals surface area contributed by atoms with E-state index in [1.807, 2.05) is 19.1 Å². The third-order valence-corrected chi connectivity index (χ3v) is 3.90. The lowest BCUT2D eigenvalue weighted by Crippen LogP contribution is -2.49. The maximum atomic E-state index is 12.5. The molecule has 1 aromatic rings. The molecule has 0 radical (unpaired) electrons. The smallest absolute Gasteiger partial charge is 0.179 e. The van der Waals surface area contributed by atoms with E-state index in [0.717, 1.165) is 19.5 Å². The topological polar surface area (TPSA) is 29.5 Å². The molecule has 19 heavy (non-hydrogen) atoms. The molecule has 1 saturated heterocycles. The largest absolute Gasteiger partial charge is 0.376 e. The Bertz CT molecular complexity index is 450. The van der Waals surface area contributed by atoms with Crippen LogP contribution in [0.2, 0.25) is 5.02 Å². The number of ketones is 1. The number of morpholine rings is 1. The number of hydrogen-bond acceptors (Lipinski definition) is 3. The van der Waals surface area contributed by atoms with Crippen molar-refractivity contribution < 1.29 is 9.53 Å². The minimum absolute atomic E-state index is 0.124. The highest BCUT2D eigenvalue weighted by molar-refractivity contribution is 6.31. The van der Waals surface area contributed by atoms with Crippen LogP contribution in [0.1, 0.15) is 30.6 Å². The van der Waals surface area contributed by atoms with Gasteiger partial charge in [0, 0.05) is 23.7 Å². The first-order valence-electron chi connectivity index (χ1n) is 6.77. The van der Waals surface area contributed by atoms with Crippen molar-refractivity contribution >= 4 is 17.4 Å². The molecule has 1 aromatic carbocycles. The fraction of sp³-hybridized carbons (Fsp3) is 0.533. The van der Waals surface area contributed by atoms with E-state index in [4.69, 9.17) is 16.3 Å². The second kappa shape index (κ2) is 6.51. The van der Waals surface area contributed by atoms with Crippen LogP contribution in [0.25, 0.3) is 0 Å². The lowest BCUT2D eigenvalue weighted by molar-refractivity contribution is -0.0382. The second-order valence-electron chi connectivity index (χ2n) is 4.95. The molecule has 1 heterocycles. The van der Waals surface area contributed by atoms with E-state index in [-0.39, 0.29) is 17.9 Å². The molecular weight excluding hydrogens is 262 g/mol. The fourth-order valence-corrected chi connectivity index (χ4v) is 2.58. The Morgan fingerprint density at radius 1 is 1.58 bits per heavy atom. The first-order valence-corrected chi connectivity index (χ1v) is 7.15. The van der Waals surface area contributed by atoms with Crippen molar-refractivity contribution in [3.05, 3.63) is 34.9 Å². The lowest BCUT2D eigenvalue weighted by Gasteiger charge is -2.35. The predicted molar refractivity (Wildman–Crippen MR) is 76.8 cm³/mol. The highest BCUT2D eigenvalue weighted by Gasteiger charge is 2.27. The molecule has 2 unspecified atom stereocenters. The lowest BCUT2D eigenvalue weighted by atomic mass is 10.0. The molecule has 3 nitrogen and oxygen atoms in total. The molecule has 0 N–H and O–H groups in total. The van der Waals surface area contributed by atoms with E-state index in [9.17, 15) is 4.79 Å². The predicted octanol–water partition coefficient (Wildman–Crippen LogP) is 3.02. The van der Waals surface area contributed by atoms with Crippen LogP contribution in [0.5, 0.6) is 0 Å². The van der Waals surface area contributed by atoms with Crippen molar-refractivity contribution in [2.24, 2.45) is 0 Å². The van der Waals surface area contributed by atoms with E-state index in [2.05, 4.69) is 11.8 Å². The van der Waals surface area contributed by atoms with Gasteiger partial charge in [-0.2, -0.15) is 0 Å². The zero-order chi connectivity index (χ0) is 13.8. The van der Waals surface area contributed by atoms with E-state index >= 15 is 0 Å². The van der Waals surface area contributed by atoms with Gasteiger partial charge in [0.2, 0.25) is 0 Å². The Labute approximate surface area is 119 Å². The first-order chi connectivity index (χ1) is 9.11. The molecule has 1 aliphatic heterocycles. The molecule has 0 bridgehead atoms. The van der Waals surface area contributed by atoms with E-state index in [0.29, 0.717) is 17.2 Å². The SMILES string of the molecule is CCC1CN(C(C)C(=O)c2cccc(Cl)c2)CCO1. The van der Waals surface area contributed by atoms with Crippen LogP contribution in [0, 0.1) is 0 Å². The van der Waals surface area contributed by atoms with Gasteiger partial charge in [-0.1, -0.05) is 30.7 Å². The van der Waals surface area contributed by atoms with Crippen LogP contribution in [-0.4, -0.2) is 42.5 Å². The summed E-state index contributed by atoms with van der Waals surface area (Å²) in [7, 11) is 0. The molecule has 0 spiro atoms. The highest BCUT2D eigenvalue weighted by Crippen LogP contribution is 2.17. The van der Waals surface area contributed by atoms with Crippen LogP contribution in [0.15, 0.2) is 24.3 Å². The molecule has 1 aliphatic rings. The van der Waals surface area contributed by atoms with Crippen molar-refractivity contribution in [3.8, 4) is 0 Å². The second-order valence-corrected chi connectivity index (χ2v) is 5.38. The summed E-state index contributed by atoms with van der Waals surface area (Å²) in [4.78, 5) is 14.6. The summed E-state index contributed by atoms with van der Waals surface area (Å²) in [6.45, 7) is 6.40. The number of carbonyl (C=O) groups excluding carboxylic acids is 1. The van der Waals surface area contributed by atoms with Crippen LogP contribution in [-0.2, 0) is 4.74 Å². The molecular formula is C15H20ClNO2. The van der Waals surface area contributed by atoms with Crippen molar-refractivity contribution in [1.82, 2.24) is 4.90 Å². The normalized spacial score (nSPS) is 22.2. The van der Waals surface area contributed by atoms with E-state index in [1.54, 1.807) is 12.1 Å². The molecule has 0 aromatic heterocycles. The molecule has 0 saturated carbocycles. The number of hydrogen-bond donors (Lipinski definition) is 0. The summed E-state index contributed by atoms with van der Waals surface area (Å²) < 4.78 is 5.64. The Morgan fingerprint density at radius 2 is 2.37 bits per heavy atom. The van der Waals surface area contributed by atoms with Gasteiger partial charge in [-0.3, -0.25) is 9.69 Å². The van der Waals surface area contributed by atoms with Crippen LogP contribution >= 0.6 is 11.6 Å². The highest BCUT2D eigenvalue weighted by atomic mass is 35.5. The average Bonchev–Trinajstić information content (AvgIpc) is 2.45. The number of carbonyl (C=O) groups is 1. The number of halogens is 1. The first kappa shape index (κ1) is 14.5. The standard InChI is InChI=1S/C15H20ClNO2/c1-3-14-10-17(7-8-19-14)11(2)15(18)12-5-4-6-13(16)9-12/h4-6,9,11,14H,3,7-8,10H2,1-2H3. The summed E-state index contributed by atoms with van der Waals surface area (Å²) in [5, 5.41) is 0.603. The molecule has 4 heteroatoms. The minimum atomic E-state index is -0.128. The van der Waals surface area contributed by atoms with Gasteiger partial charge in [0.1, 0.15) is 0 Å². The third kappa shape index (κ3) is 3.56. The Morgan fingerprint density at radius 3 is 3.05 bits per heavy atom. The van der Waals surface area contributed by atoms with Gasteiger partial charge in [0.15, 0.2) is 5.78 Å². The van der Waals surface area contributed by atoms with Crippen LogP contribution in [0.3, 0.4) is 0 Å². The van der Waals surface area contributed by atoms with E-state index in [1.165, 1.54) is 0 Å². The van der Waals surface area contributed by atoms with Crippen LogP contribution < -0.4 is 0 Å². The molecule has 2 atom stereocenters. The maximum Gasteiger partial charge on any atom is 0.179 e.